The van der Waals surface area contributed by atoms with Crippen LogP contribution in [0.1, 0.15) is 24.3 Å². The molecule has 0 spiro atoms. The van der Waals surface area contributed by atoms with Crippen LogP contribution < -0.4 is 5.32 Å². The fourth-order valence-corrected chi connectivity index (χ4v) is 3.75. The molecule has 2 aliphatic rings. The highest BCUT2D eigenvalue weighted by atomic mass is 32.2. The van der Waals surface area contributed by atoms with Crippen molar-refractivity contribution in [1.82, 2.24) is 10.2 Å². The van der Waals surface area contributed by atoms with E-state index in [4.69, 9.17) is 4.74 Å². The van der Waals surface area contributed by atoms with Gasteiger partial charge in [0.2, 0.25) is 5.91 Å². The van der Waals surface area contributed by atoms with Crippen molar-refractivity contribution in [2.75, 3.05) is 19.7 Å². The molecule has 0 bridgehead atoms. The number of rotatable bonds is 5. The molecule has 0 aromatic heterocycles. The Morgan fingerprint density at radius 3 is 2.37 bits per heavy atom. The van der Waals surface area contributed by atoms with Gasteiger partial charge in [-0.1, -0.05) is 12.1 Å². The van der Waals surface area contributed by atoms with Crippen LogP contribution in [0.3, 0.4) is 0 Å². The van der Waals surface area contributed by atoms with Gasteiger partial charge in [-0.15, -0.1) is 0 Å². The van der Waals surface area contributed by atoms with Crippen LogP contribution in [0.2, 0.25) is 0 Å². The van der Waals surface area contributed by atoms with Crippen molar-refractivity contribution in [1.29, 1.82) is 0 Å². The lowest BCUT2D eigenvalue weighted by molar-refractivity contribution is -0.135. The molecule has 3 rings (SSSR count). The van der Waals surface area contributed by atoms with E-state index < -0.39 is 26.3 Å². The number of nitrogens with zero attached hydrogens (tertiary/aromatic N) is 1. The highest BCUT2D eigenvalue weighted by Gasteiger charge is 2.46. The predicted octanol–water partition coefficient (Wildman–Crippen LogP) is 1.79. The predicted molar refractivity (Wildman–Crippen MR) is 86.5 cm³/mol. The molecule has 1 N–H and O–H groups in total. The Bertz CT molecular complexity index is 833. The number of ether oxygens (including phenoxy) is 1. The SMILES string of the molecule is O=C1N[C@H](CCC(=O)N2CC(c3ccc(S(=O)(=O)C(F)(F)F)cc3)C2)CO1. The van der Waals surface area contributed by atoms with Gasteiger partial charge in [0.05, 0.1) is 10.9 Å². The first-order valence-corrected chi connectivity index (χ1v) is 9.68. The second-order valence-corrected chi connectivity index (χ2v) is 8.43. The average molecular weight is 406 g/mol. The van der Waals surface area contributed by atoms with E-state index in [1.165, 1.54) is 12.1 Å². The number of alkyl halides is 3. The minimum atomic E-state index is -5.36. The third kappa shape index (κ3) is 4.02. The first kappa shape index (κ1) is 19.5. The Hall–Kier alpha value is -2.30. The minimum absolute atomic E-state index is 0.0499. The molecule has 148 valence electrons. The lowest BCUT2D eigenvalue weighted by Crippen LogP contribution is -2.48. The summed E-state index contributed by atoms with van der Waals surface area (Å²) >= 11 is 0. The Kier molecular flexibility index (Phi) is 5.06. The molecule has 2 saturated heterocycles. The zero-order chi connectivity index (χ0) is 19.8. The average Bonchev–Trinajstić information content (AvgIpc) is 2.96. The summed E-state index contributed by atoms with van der Waals surface area (Å²) in [6.07, 6.45) is 0.229. The van der Waals surface area contributed by atoms with Gasteiger partial charge in [0.15, 0.2) is 0 Å². The lowest BCUT2D eigenvalue weighted by Gasteiger charge is -2.40. The van der Waals surface area contributed by atoms with Crippen molar-refractivity contribution in [2.45, 2.75) is 35.2 Å². The Morgan fingerprint density at radius 1 is 1.22 bits per heavy atom. The van der Waals surface area contributed by atoms with E-state index in [9.17, 15) is 31.2 Å². The largest absolute Gasteiger partial charge is 0.501 e. The molecule has 2 aliphatic heterocycles. The quantitative estimate of drug-likeness (QED) is 0.805. The molecule has 7 nitrogen and oxygen atoms in total. The van der Waals surface area contributed by atoms with E-state index in [-0.39, 0.29) is 30.9 Å². The van der Waals surface area contributed by atoms with Gasteiger partial charge in [0, 0.05) is 25.4 Å². The van der Waals surface area contributed by atoms with Gasteiger partial charge in [-0.05, 0) is 24.1 Å². The lowest BCUT2D eigenvalue weighted by atomic mass is 9.91. The second-order valence-electron chi connectivity index (χ2n) is 6.49. The number of cyclic esters (lactones) is 1. The van der Waals surface area contributed by atoms with Crippen molar-refractivity contribution in [3.05, 3.63) is 29.8 Å². The molecular weight excluding hydrogens is 389 g/mol. The number of likely N-dealkylation sites (tertiary alicyclic amines) is 1. The van der Waals surface area contributed by atoms with E-state index in [1.807, 2.05) is 0 Å². The third-order valence-electron chi connectivity index (χ3n) is 4.65. The van der Waals surface area contributed by atoms with Gasteiger partial charge in [0.1, 0.15) is 6.61 Å². The van der Waals surface area contributed by atoms with E-state index in [0.717, 1.165) is 12.1 Å². The standard InChI is InChI=1S/C16H17F3N2O5S/c17-16(18,19)27(24,25)13-4-1-10(2-5-13)11-7-21(8-11)14(22)6-3-12-9-26-15(23)20-12/h1-2,4-5,11-12H,3,6-9H2,(H,20,23)/t12-/m1/s1. The first-order chi connectivity index (χ1) is 12.6. The number of hydrogen-bond donors (Lipinski definition) is 1. The van der Waals surface area contributed by atoms with Crippen LogP contribution in [0.4, 0.5) is 18.0 Å². The summed E-state index contributed by atoms with van der Waals surface area (Å²) in [5.74, 6) is -0.130. The fraction of sp³-hybridized carbons (Fsp3) is 0.500. The van der Waals surface area contributed by atoms with Gasteiger partial charge < -0.3 is 15.0 Å². The number of hydrogen-bond acceptors (Lipinski definition) is 5. The van der Waals surface area contributed by atoms with E-state index in [1.54, 1.807) is 4.90 Å². The van der Waals surface area contributed by atoms with Crippen LogP contribution in [0.25, 0.3) is 0 Å². The maximum atomic E-state index is 12.5. The molecule has 2 heterocycles. The maximum absolute atomic E-state index is 12.5. The van der Waals surface area contributed by atoms with Crippen LogP contribution in [0, 0.1) is 0 Å². The van der Waals surface area contributed by atoms with Crippen molar-refractivity contribution >= 4 is 21.8 Å². The zero-order valence-electron chi connectivity index (χ0n) is 14.0. The molecular formula is C16H17F3N2O5S. The van der Waals surface area contributed by atoms with E-state index >= 15 is 0 Å². The van der Waals surface area contributed by atoms with Crippen LogP contribution in [-0.4, -0.2) is 56.6 Å². The summed E-state index contributed by atoms with van der Waals surface area (Å²) in [6, 6.07) is 4.38. The number of nitrogens with one attached hydrogen (secondary N) is 1. The van der Waals surface area contributed by atoms with Crippen LogP contribution >= 0.6 is 0 Å². The second kappa shape index (κ2) is 7.02. The number of alkyl carbamates (subject to hydrolysis) is 1. The summed E-state index contributed by atoms with van der Waals surface area (Å²) in [5.41, 5.74) is -4.66. The van der Waals surface area contributed by atoms with E-state index in [2.05, 4.69) is 5.32 Å². The highest BCUT2D eigenvalue weighted by Crippen LogP contribution is 2.32. The molecule has 0 unspecified atom stereocenters. The Balaban J connectivity index is 1.50. The highest BCUT2D eigenvalue weighted by molar-refractivity contribution is 7.92. The molecule has 1 atom stereocenters. The molecule has 27 heavy (non-hydrogen) atoms. The van der Waals surface area contributed by atoms with Gasteiger partial charge in [0.25, 0.3) is 9.84 Å². The summed E-state index contributed by atoms with van der Waals surface area (Å²) in [4.78, 5) is 23.8. The van der Waals surface area contributed by atoms with Gasteiger partial charge in [-0.2, -0.15) is 13.2 Å². The minimum Gasteiger partial charge on any atom is -0.447 e. The third-order valence-corrected chi connectivity index (χ3v) is 6.15. The summed E-state index contributed by atoms with van der Waals surface area (Å²) in [6.45, 7) is 1.07. The van der Waals surface area contributed by atoms with Crippen molar-refractivity contribution < 1.29 is 35.9 Å². The van der Waals surface area contributed by atoms with Crippen molar-refractivity contribution in [3.63, 3.8) is 0 Å². The Morgan fingerprint density at radius 2 is 1.85 bits per heavy atom. The Labute approximate surface area is 153 Å². The van der Waals surface area contributed by atoms with Gasteiger partial charge in [-0.25, -0.2) is 13.2 Å². The van der Waals surface area contributed by atoms with Crippen molar-refractivity contribution in [3.8, 4) is 0 Å². The molecule has 11 heteroatoms. The van der Waals surface area contributed by atoms with Crippen LogP contribution in [-0.2, 0) is 19.4 Å². The topological polar surface area (TPSA) is 92.8 Å². The number of halogens is 3. The first-order valence-electron chi connectivity index (χ1n) is 8.20. The summed E-state index contributed by atoms with van der Waals surface area (Å²) < 4.78 is 65.1. The molecule has 1 aromatic rings. The molecule has 0 aliphatic carbocycles. The van der Waals surface area contributed by atoms with E-state index in [0.29, 0.717) is 25.1 Å². The van der Waals surface area contributed by atoms with Crippen LogP contribution in [0.15, 0.2) is 29.2 Å². The van der Waals surface area contributed by atoms with Crippen molar-refractivity contribution in [2.24, 2.45) is 0 Å². The molecule has 1 aromatic carbocycles. The smallest absolute Gasteiger partial charge is 0.447 e. The number of amides is 2. The summed E-state index contributed by atoms with van der Waals surface area (Å²) in [7, 11) is -5.36. The normalized spacial score (nSPS) is 20.8. The zero-order valence-corrected chi connectivity index (χ0v) is 14.8. The maximum Gasteiger partial charge on any atom is 0.501 e. The number of carbonyl (C=O) groups excluding carboxylic acids is 2. The number of benzene rings is 1. The monoisotopic (exact) mass is 406 g/mol. The van der Waals surface area contributed by atoms with Gasteiger partial charge >= 0.3 is 11.6 Å². The summed E-state index contributed by atoms with van der Waals surface area (Å²) in [5, 5.41) is 2.59. The molecule has 2 amide bonds. The van der Waals surface area contributed by atoms with Gasteiger partial charge in [-0.3, -0.25) is 4.79 Å². The molecule has 0 saturated carbocycles. The fourth-order valence-electron chi connectivity index (χ4n) is 2.98. The number of sulfone groups is 1. The van der Waals surface area contributed by atoms with Crippen LogP contribution in [0.5, 0.6) is 0 Å². The molecule has 2 fully saturated rings. The number of carbonyl (C=O) groups is 2. The molecule has 0 radical (unpaired) electrons.